The van der Waals surface area contributed by atoms with Crippen molar-refractivity contribution in [3.8, 4) is 23.6 Å². The van der Waals surface area contributed by atoms with Crippen LogP contribution in [0.5, 0.6) is 0 Å². The minimum atomic E-state index is -0.446. The van der Waals surface area contributed by atoms with Gasteiger partial charge in [-0.3, -0.25) is 4.98 Å². The number of halogens is 1. The van der Waals surface area contributed by atoms with Crippen LogP contribution in [0.2, 0.25) is 0 Å². The van der Waals surface area contributed by atoms with Gasteiger partial charge in [0.2, 0.25) is 0 Å². The summed E-state index contributed by atoms with van der Waals surface area (Å²) in [5.74, 6) is 3.02. The average molecular weight is 395 g/mol. The highest BCUT2D eigenvalue weighted by atomic mass is 19.1. The standard InChI is InChI=1S/C24H18FN5/c1-2-14-5-3-6-15-7-4-8-16(20(14)15)22-21(25)23-17(11-27-22)24(29-13-28-23)30-10-9-18-19(30)12-26-18/h1,3-8,11,13,18-19,26H,9-10,12H2/t18-,19-/m1/s1. The van der Waals surface area contributed by atoms with E-state index in [4.69, 9.17) is 6.42 Å². The molecule has 0 radical (unpaired) electrons. The van der Waals surface area contributed by atoms with Crippen molar-refractivity contribution in [2.24, 2.45) is 0 Å². The minimum Gasteiger partial charge on any atom is -0.350 e. The minimum absolute atomic E-state index is 0.255. The number of nitrogens with zero attached hydrogens (tertiary/aromatic N) is 4. The zero-order chi connectivity index (χ0) is 20.2. The van der Waals surface area contributed by atoms with Gasteiger partial charge in [-0.1, -0.05) is 36.3 Å². The molecule has 0 bridgehead atoms. The van der Waals surface area contributed by atoms with E-state index in [0.717, 1.165) is 36.1 Å². The molecule has 146 valence electrons. The first-order valence-electron chi connectivity index (χ1n) is 10.0. The van der Waals surface area contributed by atoms with Crippen molar-refractivity contribution in [1.29, 1.82) is 0 Å². The maximum absolute atomic E-state index is 15.7. The number of fused-ring (bicyclic) bond motifs is 3. The van der Waals surface area contributed by atoms with Gasteiger partial charge in [-0.15, -0.1) is 6.42 Å². The number of rotatable bonds is 2. The third-order valence-electron chi connectivity index (χ3n) is 6.32. The van der Waals surface area contributed by atoms with Gasteiger partial charge in [0, 0.05) is 41.8 Å². The number of hydrogen-bond donors (Lipinski definition) is 1. The zero-order valence-corrected chi connectivity index (χ0v) is 16.1. The SMILES string of the molecule is C#Cc1cccc2cccc(-c3ncc4c(N5CC[C@H]6NC[C@H]65)ncnc4c3F)c12. The molecule has 2 aromatic carbocycles. The summed E-state index contributed by atoms with van der Waals surface area (Å²) in [5, 5.41) is 5.85. The number of hydrogen-bond acceptors (Lipinski definition) is 5. The number of benzene rings is 2. The van der Waals surface area contributed by atoms with Gasteiger partial charge in [0.1, 0.15) is 23.4 Å². The molecule has 2 aromatic heterocycles. The van der Waals surface area contributed by atoms with Crippen molar-refractivity contribution >= 4 is 27.5 Å². The first-order valence-corrected chi connectivity index (χ1v) is 10.0. The van der Waals surface area contributed by atoms with Crippen LogP contribution in [-0.2, 0) is 0 Å². The maximum atomic E-state index is 15.7. The Labute approximate surface area is 173 Å². The molecule has 30 heavy (non-hydrogen) atoms. The fraction of sp³-hybridized carbons (Fsp3) is 0.208. The molecule has 0 unspecified atom stereocenters. The molecule has 0 saturated carbocycles. The predicted molar refractivity (Wildman–Crippen MR) is 116 cm³/mol. The highest BCUT2D eigenvalue weighted by Crippen LogP contribution is 2.36. The first-order chi connectivity index (χ1) is 14.8. The van der Waals surface area contributed by atoms with E-state index in [0.29, 0.717) is 28.6 Å². The third-order valence-corrected chi connectivity index (χ3v) is 6.32. The second kappa shape index (κ2) is 6.48. The van der Waals surface area contributed by atoms with Gasteiger partial charge >= 0.3 is 0 Å². The fourth-order valence-electron chi connectivity index (χ4n) is 4.77. The lowest BCUT2D eigenvalue weighted by molar-refractivity contribution is 0.347. The number of terminal acetylenes is 1. The van der Waals surface area contributed by atoms with Gasteiger partial charge in [0.05, 0.1) is 11.4 Å². The van der Waals surface area contributed by atoms with E-state index in [2.05, 4.69) is 31.1 Å². The summed E-state index contributed by atoms with van der Waals surface area (Å²) < 4.78 is 15.7. The van der Waals surface area contributed by atoms with Gasteiger partial charge in [0.15, 0.2) is 5.82 Å². The second-order valence-corrected chi connectivity index (χ2v) is 7.80. The van der Waals surface area contributed by atoms with E-state index >= 15 is 4.39 Å². The molecule has 2 saturated heterocycles. The molecular weight excluding hydrogens is 377 g/mol. The van der Waals surface area contributed by atoms with Crippen LogP contribution in [0.4, 0.5) is 10.2 Å². The van der Waals surface area contributed by atoms with Gasteiger partial charge in [-0.05, 0) is 17.9 Å². The molecule has 0 spiro atoms. The van der Waals surface area contributed by atoms with Crippen molar-refractivity contribution in [3.05, 3.63) is 60.3 Å². The average Bonchev–Trinajstić information content (AvgIpc) is 3.06. The summed E-state index contributed by atoms with van der Waals surface area (Å²) in [5.41, 5.74) is 1.93. The Hall–Kier alpha value is -3.56. The van der Waals surface area contributed by atoms with Gasteiger partial charge < -0.3 is 10.2 Å². The molecule has 2 aliphatic heterocycles. The van der Waals surface area contributed by atoms with Crippen LogP contribution < -0.4 is 10.2 Å². The van der Waals surface area contributed by atoms with Crippen molar-refractivity contribution in [2.45, 2.75) is 18.5 Å². The van der Waals surface area contributed by atoms with E-state index < -0.39 is 5.82 Å². The van der Waals surface area contributed by atoms with Crippen molar-refractivity contribution in [1.82, 2.24) is 20.3 Å². The molecule has 0 amide bonds. The molecule has 0 aliphatic carbocycles. The molecule has 2 fully saturated rings. The first kappa shape index (κ1) is 17.3. The smallest absolute Gasteiger partial charge is 0.175 e. The molecule has 6 heteroatoms. The van der Waals surface area contributed by atoms with E-state index in [1.54, 1.807) is 6.20 Å². The van der Waals surface area contributed by atoms with Gasteiger partial charge in [0.25, 0.3) is 0 Å². The number of aromatic nitrogens is 3. The van der Waals surface area contributed by atoms with Crippen LogP contribution in [0.25, 0.3) is 32.9 Å². The van der Waals surface area contributed by atoms with Crippen LogP contribution in [0.3, 0.4) is 0 Å². The van der Waals surface area contributed by atoms with E-state index in [1.165, 1.54) is 6.33 Å². The van der Waals surface area contributed by atoms with Crippen LogP contribution in [-0.4, -0.2) is 40.1 Å². The summed E-state index contributed by atoms with van der Waals surface area (Å²) in [6, 6.07) is 12.3. The number of nitrogens with one attached hydrogen (secondary N) is 1. The number of anilines is 1. The molecule has 1 N–H and O–H groups in total. The lowest BCUT2D eigenvalue weighted by Gasteiger charge is -2.37. The lowest BCUT2D eigenvalue weighted by atomic mass is 9.96. The molecular formula is C24H18FN5. The Kier molecular flexibility index (Phi) is 3.74. The van der Waals surface area contributed by atoms with Crippen LogP contribution in [0.15, 0.2) is 48.9 Å². The molecule has 2 aliphatic rings. The molecule has 4 heterocycles. The highest BCUT2D eigenvalue weighted by molar-refractivity contribution is 6.01. The van der Waals surface area contributed by atoms with Crippen LogP contribution in [0, 0.1) is 18.2 Å². The van der Waals surface area contributed by atoms with Crippen molar-refractivity contribution in [2.75, 3.05) is 18.0 Å². The van der Waals surface area contributed by atoms with Gasteiger partial charge in [-0.2, -0.15) is 0 Å². The van der Waals surface area contributed by atoms with E-state index in [9.17, 15) is 0 Å². The summed E-state index contributed by atoms with van der Waals surface area (Å²) >= 11 is 0. The highest BCUT2D eigenvalue weighted by Gasteiger charge is 2.41. The summed E-state index contributed by atoms with van der Waals surface area (Å²) in [6.07, 6.45) is 9.92. The maximum Gasteiger partial charge on any atom is 0.175 e. The molecule has 4 aromatic rings. The topological polar surface area (TPSA) is 53.9 Å². The normalized spacial score (nSPS) is 20.2. The summed E-state index contributed by atoms with van der Waals surface area (Å²) in [4.78, 5) is 15.5. The quantitative estimate of drug-likeness (QED) is 0.527. The lowest BCUT2D eigenvalue weighted by Crippen LogP contribution is -2.59. The fourth-order valence-corrected chi connectivity index (χ4v) is 4.77. The number of pyridine rings is 1. The zero-order valence-electron chi connectivity index (χ0n) is 16.1. The van der Waals surface area contributed by atoms with Gasteiger partial charge in [-0.25, -0.2) is 14.4 Å². The summed E-state index contributed by atoms with van der Waals surface area (Å²) in [6.45, 7) is 1.82. The Morgan fingerprint density at radius 3 is 2.77 bits per heavy atom. The molecule has 6 rings (SSSR count). The van der Waals surface area contributed by atoms with Crippen LogP contribution in [0.1, 0.15) is 12.0 Å². The molecule has 2 atom stereocenters. The summed E-state index contributed by atoms with van der Waals surface area (Å²) in [7, 11) is 0. The monoisotopic (exact) mass is 395 g/mol. The Bertz CT molecular complexity index is 1350. The van der Waals surface area contributed by atoms with Crippen molar-refractivity contribution in [3.63, 3.8) is 0 Å². The Morgan fingerprint density at radius 2 is 2.00 bits per heavy atom. The predicted octanol–water partition coefficient (Wildman–Crippen LogP) is 3.52. The largest absolute Gasteiger partial charge is 0.350 e. The third kappa shape index (κ3) is 2.36. The van der Waals surface area contributed by atoms with E-state index in [-0.39, 0.29) is 11.2 Å². The van der Waals surface area contributed by atoms with Crippen LogP contribution >= 0.6 is 0 Å². The Morgan fingerprint density at radius 1 is 1.13 bits per heavy atom. The second-order valence-electron chi connectivity index (χ2n) is 7.80. The van der Waals surface area contributed by atoms with E-state index in [1.807, 2.05) is 36.4 Å². The Balaban J connectivity index is 1.56. The molecule has 5 nitrogen and oxygen atoms in total. The van der Waals surface area contributed by atoms with Crippen molar-refractivity contribution < 1.29 is 4.39 Å².